The molecule has 0 aromatic heterocycles. The number of aromatic hydroxyl groups is 1. The summed E-state index contributed by atoms with van der Waals surface area (Å²) in [6, 6.07) is 6.13. The van der Waals surface area contributed by atoms with Gasteiger partial charge in [-0.3, -0.25) is 4.90 Å². The molecule has 0 radical (unpaired) electrons. The molecule has 16 heavy (non-hydrogen) atoms. The fourth-order valence-corrected chi connectivity index (χ4v) is 2.15. The lowest BCUT2D eigenvalue weighted by Gasteiger charge is -2.27. The van der Waals surface area contributed by atoms with Gasteiger partial charge in [0, 0.05) is 22.6 Å². The second-order valence-electron chi connectivity index (χ2n) is 4.09. The summed E-state index contributed by atoms with van der Waals surface area (Å²) in [6.07, 6.45) is 1.13. The molecule has 0 saturated heterocycles. The van der Waals surface area contributed by atoms with E-state index in [9.17, 15) is 5.11 Å². The monoisotopic (exact) mass is 285 g/mol. The highest BCUT2D eigenvalue weighted by atomic mass is 79.9. The second-order valence-corrected chi connectivity index (χ2v) is 5.01. The van der Waals surface area contributed by atoms with Crippen molar-refractivity contribution in [2.24, 2.45) is 0 Å². The molecule has 1 N–H and O–H groups in total. The molecule has 0 saturated carbocycles. The van der Waals surface area contributed by atoms with E-state index in [4.69, 9.17) is 0 Å². The third-order valence-electron chi connectivity index (χ3n) is 3.04. The number of rotatable bonds is 5. The zero-order valence-electron chi connectivity index (χ0n) is 10.2. The summed E-state index contributed by atoms with van der Waals surface area (Å²) in [5.74, 6) is 0.380. The summed E-state index contributed by atoms with van der Waals surface area (Å²) in [7, 11) is 0. The zero-order valence-corrected chi connectivity index (χ0v) is 11.8. The van der Waals surface area contributed by atoms with Gasteiger partial charge in [0.1, 0.15) is 5.75 Å². The van der Waals surface area contributed by atoms with E-state index in [0.29, 0.717) is 11.8 Å². The van der Waals surface area contributed by atoms with Crippen LogP contribution in [0.1, 0.15) is 32.8 Å². The molecule has 90 valence electrons. The van der Waals surface area contributed by atoms with Gasteiger partial charge in [0.05, 0.1) is 0 Å². The molecule has 1 rings (SSSR count). The number of nitrogens with zero attached hydrogens (tertiary/aromatic N) is 1. The van der Waals surface area contributed by atoms with Crippen LogP contribution in [0.5, 0.6) is 5.75 Å². The van der Waals surface area contributed by atoms with Gasteiger partial charge in [-0.15, -0.1) is 0 Å². The molecule has 1 unspecified atom stereocenters. The van der Waals surface area contributed by atoms with Crippen molar-refractivity contribution in [3.8, 4) is 5.75 Å². The lowest BCUT2D eigenvalue weighted by Crippen LogP contribution is -2.31. The number of benzene rings is 1. The van der Waals surface area contributed by atoms with Crippen molar-refractivity contribution in [1.29, 1.82) is 0 Å². The minimum absolute atomic E-state index is 0.380. The van der Waals surface area contributed by atoms with Crippen LogP contribution in [0, 0.1) is 0 Å². The quantitative estimate of drug-likeness (QED) is 0.890. The fraction of sp³-hybridized carbons (Fsp3) is 0.538. The van der Waals surface area contributed by atoms with Crippen LogP contribution in [0.4, 0.5) is 0 Å². The maximum atomic E-state index is 9.79. The van der Waals surface area contributed by atoms with E-state index in [1.54, 1.807) is 6.07 Å². The number of phenols is 1. The molecule has 2 nitrogen and oxygen atoms in total. The number of hydrogen-bond donors (Lipinski definition) is 1. The van der Waals surface area contributed by atoms with Crippen LogP contribution in [-0.2, 0) is 6.54 Å². The molecule has 1 aromatic rings. The Morgan fingerprint density at radius 2 is 2.06 bits per heavy atom. The van der Waals surface area contributed by atoms with E-state index in [1.807, 2.05) is 12.1 Å². The maximum Gasteiger partial charge on any atom is 0.120 e. The molecule has 0 fully saturated rings. The minimum Gasteiger partial charge on any atom is -0.508 e. The lowest BCUT2D eigenvalue weighted by molar-refractivity contribution is 0.204. The Kier molecular flexibility index (Phi) is 5.29. The van der Waals surface area contributed by atoms with Gasteiger partial charge in [0.15, 0.2) is 0 Å². The average Bonchev–Trinajstić information content (AvgIpc) is 2.29. The molecule has 1 atom stereocenters. The molecule has 0 aliphatic heterocycles. The standard InChI is InChI=1S/C13H20BrNO/c1-4-10(3)15(5-2)9-11-8-12(14)6-7-13(11)16/h6-8,10,16H,4-5,9H2,1-3H3. The first kappa shape index (κ1) is 13.5. The maximum absolute atomic E-state index is 9.79. The van der Waals surface area contributed by atoms with E-state index >= 15 is 0 Å². The van der Waals surface area contributed by atoms with Crippen molar-refractivity contribution in [1.82, 2.24) is 4.90 Å². The van der Waals surface area contributed by atoms with Crippen molar-refractivity contribution in [2.45, 2.75) is 39.8 Å². The van der Waals surface area contributed by atoms with Crippen LogP contribution in [0.2, 0.25) is 0 Å². The molecule has 0 amide bonds. The lowest BCUT2D eigenvalue weighted by atomic mass is 10.1. The van der Waals surface area contributed by atoms with E-state index in [-0.39, 0.29) is 0 Å². The van der Waals surface area contributed by atoms with Crippen LogP contribution in [0.3, 0.4) is 0 Å². The van der Waals surface area contributed by atoms with Gasteiger partial charge in [0.25, 0.3) is 0 Å². The SMILES string of the molecule is CCC(C)N(CC)Cc1cc(Br)ccc1O. The van der Waals surface area contributed by atoms with E-state index in [2.05, 4.69) is 41.6 Å². The van der Waals surface area contributed by atoms with Crippen LogP contribution >= 0.6 is 15.9 Å². The van der Waals surface area contributed by atoms with Crippen LogP contribution < -0.4 is 0 Å². The minimum atomic E-state index is 0.380. The Bertz CT molecular complexity index is 341. The fourth-order valence-electron chi connectivity index (χ4n) is 1.74. The Labute approximate surface area is 106 Å². The molecular weight excluding hydrogens is 266 g/mol. The molecule has 3 heteroatoms. The van der Waals surface area contributed by atoms with E-state index in [0.717, 1.165) is 29.5 Å². The summed E-state index contributed by atoms with van der Waals surface area (Å²) in [4.78, 5) is 2.36. The predicted molar refractivity (Wildman–Crippen MR) is 71.6 cm³/mol. The summed E-state index contributed by atoms with van der Waals surface area (Å²) in [5.41, 5.74) is 0.983. The third-order valence-corrected chi connectivity index (χ3v) is 3.53. The van der Waals surface area contributed by atoms with Crippen molar-refractivity contribution in [2.75, 3.05) is 6.54 Å². The highest BCUT2D eigenvalue weighted by Gasteiger charge is 2.12. The van der Waals surface area contributed by atoms with Crippen LogP contribution in [-0.4, -0.2) is 22.6 Å². The second kappa shape index (κ2) is 6.26. The predicted octanol–water partition coefficient (Wildman–Crippen LogP) is 3.78. The Hall–Kier alpha value is -0.540. The van der Waals surface area contributed by atoms with Gasteiger partial charge >= 0.3 is 0 Å². The van der Waals surface area contributed by atoms with Crippen molar-refractivity contribution in [3.63, 3.8) is 0 Å². The average molecular weight is 286 g/mol. The number of halogens is 1. The van der Waals surface area contributed by atoms with Gasteiger partial charge in [0.2, 0.25) is 0 Å². The first-order valence-electron chi connectivity index (χ1n) is 5.79. The zero-order chi connectivity index (χ0) is 12.1. The van der Waals surface area contributed by atoms with Gasteiger partial charge < -0.3 is 5.11 Å². The van der Waals surface area contributed by atoms with Crippen molar-refractivity contribution < 1.29 is 5.11 Å². The van der Waals surface area contributed by atoms with Crippen molar-refractivity contribution >= 4 is 15.9 Å². The third kappa shape index (κ3) is 3.49. The highest BCUT2D eigenvalue weighted by molar-refractivity contribution is 9.10. The smallest absolute Gasteiger partial charge is 0.120 e. The summed E-state index contributed by atoms with van der Waals surface area (Å²) < 4.78 is 1.01. The topological polar surface area (TPSA) is 23.5 Å². The van der Waals surface area contributed by atoms with Crippen molar-refractivity contribution in [3.05, 3.63) is 28.2 Å². The molecule has 0 aliphatic rings. The summed E-state index contributed by atoms with van der Waals surface area (Å²) in [5, 5.41) is 9.79. The molecule has 0 heterocycles. The highest BCUT2D eigenvalue weighted by Crippen LogP contribution is 2.24. The number of phenolic OH excluding ortho intramolecular Hbond substituents is 1. The number of hydrogen-bond acceptors (Lipinski definition) is 2. The largest absolute Gasteiger partial charge is 0.508 e. The Morgan fingerprint density at radius 3 is 2.62 bits per heavy atom. The van der Waals surface area contributed by atoms with Gasteiger partial charge in [-0.05, 0) is 38.1 Å². The normalized spacial score (nSPS) is 13.1. The van der Waals surface area contributed by atoms with E-state index in [1.165, 1.54) is 0 Å². The van der Waals surface area contributed by atoms with Gasteiger partial charge in [-0.1, -0.05) is 29.8 Å². The van der Waals surface area contributed by atoms with Gasteiger partial charge in [-0.2, -0.15) is 0 Å². The van der Waals surface area contributed by atoms with E-state index < -0.39 is 0 Å². The Balaban J connectivity index is 2.81. The van der Waals surface area contributed by atoms with Gasteiger partial charge in [-0.25, -0.2) is 0 Å². The van der Waals surface area contributed by atoms with Crippen LogP contribution in [0.25, 0.3) is 0 Å². The Morgan fingerprint density at radius 1 is 1.38 bits per heavy atom. The first-order chi connectivity index (χ1) is 7.58. The molecule has 1 aromatic carbocycles. The first-order valence-corrected chi connectivity index (χ1v) is 6.59. The molecule has 0 spiro atoms. The summed E-state index contributed by atoms with van der Waals surface area (Å²) >= 11 is 3.43. The molecule has 0 bridgehead atoms. The van der Waals surface area contributed by atoms with Crippen LogP contribution in [0.15, 0.2) is 22.7 Å². The molecular formula is C13H20BrNO. The molecule has 0 aliphatic carbocycles. The summed E-state index contributed by atoms with van der Waals surface area (Å²) in [6.45, 7) is 8.37.